The van der Waals surface area contributed by atoms with Gasteiger partial charge >= 0.3 is 23.9 Å². The lowest BCUT2D eigenvalue weighted by atomic mass is 9.98. The quantitative estimate of drug-likeness (QED) is 0.468. The van der Waals surface area contributed by atoms with E-state index >= 15 is 0 Å². The number of esters is 4. The summed E-state index contributed by atoms with van der Waals surface area (Å²) in [6, 6.07) is 15.9. The van der Waals surface area contributed by atoms with Crippen LogP contribution in [0.2, 0.25) is 0 Å². The minimum absolute atomic E-state index is 0.175. The third-order valence-corrected chi connectivity index (χ3v) is 4.87. The normalized spacial score (nSPS) is 23.9. The first kappa shape index (κ1) is 24.9. The molecule has 1 N–H and O–H groups in total. The molecule has 1 fully saturated rings. The smallest absolute Gasteiger partial charge is 0.338 e. The first-order valence-electron chi connectivity index (χ1n) is 10.4. The van der Waals surface area contributed by atoms with Gasteiger partial charge in [-0.2, -0.15) is 0 Å². The van der Waals surface area contributed by atoms with Gasteiger partial charge in [-0.05, 0) is 24.3 Å². The van der Waals surface area contributed by atoms with Crippen LogP contribution in [0, 0.1) is 0 Å². The topological polar surface area (TPSA) is 135 Å². The minimum atomic E-state index is -1.78. The van der Waals surface area contributed by atoms with Crippen LogP contribution >= 0.6 is 0 Å². The van der Waals surface area contributed by atoms with Crippen LogP contribution in [0.25, 0.3) is 0 Å². The van der Waals surface area contributed by atoms with Crippen LogP contribution in [-0.2, 0) is 33.3 Å². The molecule has 0 saturated carbocycles. The summed E-state index contributed by atoms with van der Waals surface area (Å²) in [5.74, 6) is -3.04. The maximum atomic E-state index is 12.8. The number of aliphatic hydroxyl groups excluding tert-OH is 1. The first-order chi connectivity index (χ1) is 16.3. The lowest BCUT2D eigenvalue weighted by Crippen LogP contribution is -2.62. The van der Waals surface area contributed by atoms with E-state index in [0.29, 0.717) is 0 Å². The lowest BCUT2D eigenvalue weighted by Gasteiger charge is -2.42. The monoisotopic (exact) mass is 472 g/mol. The van der Waals surface area contributed by atoms with Gasteiger partial charge < -0.3 is 28.8 Å². The van der Waals surface area contributed by atoms with Crippen LogP contribution < -0.4 is 0 Å². The van der Waals surface area contributed by atoms with E-state index in [1.807, 2.05) is 0 Å². The summed E-state index contributed by atoms with van der Waals surface area (Å²) < 4.78 is 26.7. The summed E-state index contributed by atoms with van der Waals surface area (Å²) in [5.41, 5.74) is 0.351. The SMILES string of the molecule is CC(=O)OC[C@H]1O[C@@H](O)[C@H](OC(=O)c2ccccc2)[C@@H](OC(=O)c2ccccc2)[C@@H]1OC(C)=O. The molecule has 1 saturated heterocycles. The number of hydrogen-bond donors (Lipinski definition) is 1. The second kappa shape index (κ2) is 11.4. The van der Waals surface area contributed by atoms with Gasteiger partial charge in [0.2, 0.25) is 0 Å². The molecule has 1 aliphatic heterocycles. The van der Waals surface area contributed by atoms with Crippen molar-refractivity contribution < 1.29 is 48.0 Å². The number of aliphatic hydroxyl groups is 1. The fourth-order valence-electron chi connectivity index (χ4n) is 3.35. The molecule has 0 amide bonds. The minimum Gasteiger partial charge on any atom is -0.463 e. The predicted octanol–water partition coefficient (Wildman–Crippen LogP) is 1.65. The number of rotatable bonds is 7. The molecule has 0 aromatic heterocycles. The van der Waals surface area contributed by atoms with Gasteiger partial charge in [-0.1, -0.05) is 36.4 Å². The van der Waals surface area contributed by atoms with E-state index in [2.05, 4.69) is 0 Å². The summed E-state index contributed by atoms with van der Waals surface area (Å²) in [4.78, 5) is 48.6. The van der Waals surface area contributed by atoms with Gasteiger partial charge in [-0.25, -0.2) is 9.59 Å². The third kappa shape index (κ3) is 6.40. The molecule has 3 rings (SSSR count). The highest BCUT2D eigenvalue weighted by molar-refractivity contribution is 5.90. The largest absolute Gasteiger partial charge is 0.463 e. The average Bonchev–Trinajstić information content (AvgIpc) is 2.82. The van der Waals surface area contributed by atoms with Gasteiger partial charge in [0, 0.05) is 13.8 Å². The molecule has 2 aromatic rings. The number of benzene rings is 2. The van der Waals surface area contributed by atoms with Gasteiger partial charge in [0.05, 0.1) is 11.1 Å². The van der Waals surface area contributed by atoms with Crippen molar-refractivity contribution in [3.8, 4) is 0 Å². The zero-order valence-electron chi connectivity index (χ0n) is 18.5. The van der Waals surface area contributed by atoms with Crippen LogP contribution in [0.15, 0.2) is 60.7 Å². The van der Waals surface area contributed by atoms with Crippen LogP contribution in [0.3, 0.4) is 0 Å². The molecule has 34 heavy (non-hydrogen) atoms. The Hall–Kier alpha value is -3.76. The van der Waals surface area contributed by atoms with Gasteiger partial charge in [0.25, 0.3) is 0 Å². The highest BCUT2D eigenvalue weighted by Crippen LogP contribution is 2.29. The molecule has 0 aliphatic carbocycles. The molecular weight excluding hydrogens is 448 g/mol. The maximum Gasteiger partial charge on any atom is 0.338 e. The highest BCUT2D eigenvalue weighted by Gasteiger charge is 2.52. The number of carbonyl (C=O) groups is 4. The van der Waals surface area contributed by atoms with Gasteiger partial charge in [0.15, 0.2) is 24.6 Å². The molecule has 0 unspecified atom stereocenters. The summed E-state index contributed by atoms with van der Waals surface area (Å²) in [6.07, 6.45) is -7.38. The van der Waals surface area contributed by atoms with Crippen molar-refractivity contribution in [2.45, 2.75) is 44.6 Å². The number of carbonyl (C=O) groups excluding carboxylic acids is 4. The predicted molar refractivity (Wildman–Crippen MR) is 114 cm³/mol. The Morgan fingerprint density at radius 1 is 0.735 bits per heavy atom. The lowest BCUT2D eigenvalue weighted by molar-refractivity contribution is -0.288. The van der Waals surface area contributed by atoms with Crippen LogP contribution in [0.1, 0.15) is 34.6 Å². The second-order valence-electron chi connectivity index (χ2n) is 7.41. The van der Waals surface area contributed by atoms with Crippen LogP contribution in [0.5, 0.6) is 0 Å². The van der Waals surface area contributed by atoms with E-state index in [4.69, 9.17) is 23.7 Å². The van der Waals surface area contributed by atoms with Crippen LogP contribution in [-0.4, -0.2) is 66.3 Å². The Morgan fingerprint density at radius 2 is 1.24 bits per heavy atom. The van der Waals surface area contributed by atoms with Gasteiger partial charge in [-0.3, -0.25) is 9.59 Å². The summed E-state index contributed by atoms with van der Waals surface area (Å²) in [5, 5.41) is 10.6. The van der Waals surface area contributed by atoms with E-state index < -0.39 is 61.2 Å². The molecule has 2 aromatic carbocycles. The van der Waals surface area contributed by atoms with Gasteiger partial charge in [-0.15, -0.1) is 0 Å². The van der Waals surface area contributed by atoms with Crippen molar-refractivity contribution in [1.29, 1.82) is 0 Å². The summed E-state index contributed by atoms with van der Waals surface area (Å²) in [7, 11) is 0. The zero-order chi connectivity index (χ0) is 24.7. The van der Waals surface area contributed by atoms with E-state index in [9.17, 15) is 24.3 Å². The average molecular weight is 472 g/mol. The summed E-state index contributed by atoms with van der Waals surface area (Å²) in [6.45, 7) is 1.87. The van der Waals surface area contributed by atoms with Crippen molar-refractivity contribution in [3.63, 3.8) is 0 Å². The molecule has 10 heteroatoms. The first-order valence-corrected chi connectivity index (χ1v) is 10.4. The standard InChI is InChI=1S/C24H24O10/c1-14(25)30-13-18-19(31-15(2)26)20(33-22(27)16-9-5-3-6-10-16)21(24(29)32-18)34-23(28)17-11-7-4-8-12-17/h3-12,18-21,24,29H,13H2,1-2H3/t18-,19-,20+,21-,24-/m1/s1. The Balaban J connectivity index is 1.93. The number of ether oxygens (including phenoxy) is 5. The van der Waals surface area contributed by atoms with Crippen molar-refractivity contribution in [2.24, 2.45) is 0 Å². The molecule has 10 nitrogen and oxygen atoms in total. The molecule has 0 spiro atoms. The van der Waals surface area contributed by atoms with E-state index in [1.165, 1.54) is 24.3 Å². The van der Waals surface area contributed by atoms with E-state index in [0.717, 1.165) is 13.8 Å². The zero-order valence-corrected chi connectivity index (χ0v) is 18.5. The Kier molecular flexibility index (Phi) is 8.34. The molecule has 180 valence electrons. The van der Waals surface area contributed by atoms with Crippen molar-refractivity contribution in [1.82, 2.24) is 0 Å². The molecule has 0 bridgehead atoms. The van der Waals surface area contributed by atoms with E-state index in [-0.39, 0.29) is 11.1 Å². The molecule has 1 aliphatic rings. The maximum absolute atomic E-state index is 12.8. The van der Waals surface area contributed by atoms with E-state index in [1.54, 1.807) is 36.4 Å². The van der Waals surface area contributed by atoms with Crippen molar-refractivity contribution in [3.05, 3.63) is 71.8 Å². The van der Waals surface area contributed by atoms with Crippen molar-refractivity contribution >= 4 is 23.9 Å². The third-order valence-electron chi connectivity index (χ3n) is 4.87. The molecule has 0 radical (unpaired) electrons. The Labute approximate surface area is 195 Å². The summed E-state index contributed by atoms with van der Waals surface area (Å²) >= 11 is 0. The highest BCUT2D eigenvalue weighted by atomic mass is 16.7. The Morgan fingerprint density at radius 3 is 1.71 bits per heavy atom. The van der Waals surface area contributed by atoms with Gasteiger partial charge in [0.1, 0.15) is 12.7 Å². The Bertz CT molecular complexity index is 1010. The molecule has 5 atom stereocenters. The second-order valence-corrected chi connectivity index (χ2v) is 7.41. The fraction of sp³-hybridized carbons (Fsp3) is 0.333. The molecular formula is C24H24O10. The number of hydrogen-bond acceptors (Lipinski definition) is 10. The van der Waals surface area contributed by atoms with Crippen molar-refractivity contribution in [2.75, 3.05) is 6.61 Å². The fourth-order valence-corrected chi connectivity index (χ4v) is 3.35. The van der Waals surface area contributed by atoms with Crippen LogP contribution in [0.4, 0.5) is 0 Å². The molecule has 1 heterocycles.